The van der Waals surface area contributed by atoms with E-state index in [9.17, 15) is 14.3 Å². The average molecular weight is 347 g/mol. The molecule has 3 aromatic rings. The molecule has 0 unspecified atom stereocenters. The summed E-state index contributed by atoms with van der Waals surface area (Å²) >= 11 is 0. The second kappa shape index (κ2) is 6.99. The Morgan fingerprint density at radius 1 is 1.48 bits per heavy atom. The van der Waals surface area contributed by atoms with Crippen molar-refractivity contribution in [1.29, 1.82) is 0 Å². The number of hydrogen-bond acceptors (Lipinski definition) is 7. The Balaban J connectivity index is 1.85. The highest BCUT2D eigenvalue weighted by atomic mass is 19.1. The Hall–Kier alpha value is -3.43. The molecule has 0 aliphatic rings. The molecule has 25 heavy (non-hydrogen) atoms. The van der Waals surface area contributed by atoms with Crippen molar-refractivity contribution < 1.29 is 23.6 Å². The van der Waals surface area contributed by atoms with Gasteiger partial charge in [0.2, 0.25) is 0 Å². The zero-order valence-corrected chi connectivity index (χ0v) is 13.1. The van der Waals surface area contributed by atoms with Crippen LogP contribution in [0.1, 0.15) is 10.4 Å². The van der Waals surface area contributed by atoms with Crippen molar-refractivity contribution in [3.63, 3.8) is 0 Å². The zero-order valence-electron chi connectivity index (χ0n) is 13.1. The molecule has 0 bridgehead atoms. The topological polar surface area (TPSA) is 115 Å². The van der Waals surface area contributed by atoms with E-state index in [4.69, 9.17) is 9.26 Å². The molecule has 0 saturated carbocycles. The van der Waals surface area contributed by atoms with Crippen molar-refractivity contribution in [3.8, 4) is 17.1 Å². The predicted octanol–water partition coefficient (Wildman–Crippen LogP) is 1.89. The highest BCUT2D eigenvalue weighted by Gasteiger charge is 2.24. The fourth-order valence-electron chi connectivity index (χ4n) is 2.25. The number of halogens is 1. The van der Waals surface area contributed by atoms with Gasteiger partial charge in [-0.1, -0.05) is 10.4 Å². The smallest absolute Gasteiger partial charge is 0.343 e. The van der Waals surface area contributed by atoms with E-state index < -0.39 is 11.8 Å². The number of carboxylic acids is 1. The second-order valence-corrected chi connectivity index (χ2v) is 4.98. The maximum Gasteiger partial charge on any atom is 0.343 e. The third-order valence-corrected chi connectivity index (χ3v) is 3.42. The highest BCUT2D eigenvalue weighted by molar-refractivity contribution is 5.99. The van der Waals surface area contributed by atoms with Crippen LogP contribution in [0.5, 0.6) is 5.75 Å². The van der Waals surface area contributed by atoms with Crippen LogP contribution in [-0.4, -0.2) is 44.9 Å². The molecular weight excluding hydrogens is 333 g/mol. The largest absolute Gasteiger partial charge is 0.494 e. The van der Waals surface area contributed by atoms with Crippen LogP contribution < -0.4 is 10.1 Å². The molecular formula is C15H14FN5O4. The molecule has 0 saturated heterocycles. The number of rotatable bonds is 7. The molecule has 0 aliphatic heterocycles. The Bertz CT molecular complexity index is 878. The summed E-state index contributed by atoms with van der Waals surface area (Å²) in [5.74, 6) is -1.72. The van der Waals surface area contributed by atoms with Gasteiger partial charge in [-0.25, -0.2) is 9.18 Å². The minimum Gasteiger partial charge on any atom is -0.494 e. The van der Waals surface area contributed by atoms with Gasteiger partial charge >= 0.3 is 5.97 Å². The van der Waals surface area contributed by atoms with Gasteiger partial charge in [0.1, 0.15) is 0 Å². The van der Waals surface area contributed by atoms with Crippen molar-refractivity contribution in [2.75, 3.05) is 19.0 Å². The molecule has 0 fully saturated rings. The van der Waals surface area contributed by atoms with Crippen molar-refractivity contribution >= 4 is 11.8 Å². The van der Waals surface area contributed by atoms with Crippen molar-refractivity contribution in [2.45, 2.75) is 6.54 Å². The molecule has 0 amide bonds. The molecule has 3 rings (SSSR count). The molecule has 0 radical (unpaired) electrons. The van der Waals surface area contributed by atoms with E-state index >= 15 is 0 Å². The van der Waals surface area contributed by atoms with E-state index in [1.165, 1.54) is 25.3 Å². The van der Waals surface area contributed by atoms with Crippen LogP contribution in [0.3, 0.4) is 0 Å². The molecule has 10 heteroatoms. The number of nitrogens with one attached hydrogen (secondary N) is 1. The van der Waals surface area contributed by atoms with E-state index in [-0.39, 0.29) is 22.9 Å². The average Bonchev–Trinajstić information content (AvgIpc) is 3.25. The summed E-state index contributed by atoms with van der Waals surface area (Å²) in [7, 11) is 1.32. The summed E-state index contributed by atoms with van der Waals surface area (Å²) in [6.07, 6.45) is 3.22. The SMILES string of the molecule is COc1cc(-c2onc(NCCn3ccnn3)c2C(=O)O)ccc1F. The van der Waals surface area contributed by atoms with Crippen LogP contribution in [0.2, 0.25) is 0 Å². The number of carbonyl (C=O) groups is 1. The standard InChI is InChI=1S/C15H14FN5O4/c1-24-11-8-9(2-3-10(11)16)13-12(15(22)23)14(19-25-13)17-4-6-21-7-5-18-20-21/h2-3,5,7-8H,4,6H2,1H3,(H,17,19)(H,22,23). The van der Waals surface area contributed by atoms with Crippen LogP contribution in [0, 0.1) is 5.82 Å². The van der Waals surface area contributed by atoms with Gasteiger partial charge in [0.05, 0.1) is 19.9 Å². The third-order valence-electron chi connectivity index (χ3n) is 3.42. The zero-order chi connectivity index (χ0) is 17.8. The Morgan fingerprint density at radius 3 is 3.00 bits per heavy atom. The first-order valence-electron chi connectivity index (χ1n) is 7.25. The number of methoxy groups -OCH3 is 1. The van der Waals surface area contributed by atoms with Crippen LogP contribution in [0.4, 0.5) is 10.2 Å². The highest BCUT2D eigenvalue weighted by Crippen LogP contribution is 2.32. The molecule has 0 spiro atoms. The monoisotopic (exact) mass is 347 g/mol. The molecule has 0 aliphatic carbocycles. The summed E-state index contributed by atoms with van der Waals surface area (Å²) in [5.41, 5.74) is 0.194. The first kappa shape index (κ1) is 16.4. The number of benzene rings is 1. The van der Waals surface area contributed by atoms with Gasteiger partial charge in [0.15, 0.2) is 28.7 Å². The van der Waals surface area contributed by atoms with E-state index in [0.29, 0.717) is 18.7 Å². The minimum absolute atomic E-state index is 0.00839. The lowest BCUT2D eigenvalue weighted by Crippen LogP contribution is -2.13. The first-order valence-corrected chi connectivity index (χ1v) is 7.25. The third kappa shape index (κ3) is 3.42. The Kier molecular flexibility index (Phi) is 4.59. The van der Waals surface area contributed by atoms with E-state index in [1.54, 1.807) is 17.1 Å². The van der Waals surface area contributed by atoms with Gasteiger partial charge in [0.25, 0.3) is 0 Å². The second-order valence-electron chi connectivity index (χ2n) is 4.98. The van der Waals surface area contributed by atoms with Crippen LogP contribution in [0.25, 0.3) is 11.3 Å². The number of nitrogens with zero attached hydrogens (tertiary/aromatic N) is 4. The fourth-order valence-corrected chi connectivity index (χ4v) is 2.25. The lowest BCUT2D eigenvalue weighted by molar-refractivity contribution is 0.0698. The summed E-state index contributed by atoms with van der Waals surface area (Å²) in [6.45, 7) is 0.827. The Morgan fingerprint density at radius 2 is 2.32 bits per heavy atom. The number of hydrogen-bond donors (Lipinski definition) is 2. The number of aromatic nitrogens is 4. The molecule has 2 N–H and O–H groups in total. The van der Waals surface area contributed by atoms with Gasteiger partial charge in [-0.3, -0.25) is 4.68 Å². The summed E-state index contributed by atoms with van der Waals surface area (Å²) in [6, 6.07) is 3.91. The van der Waals surface area contributed by atoms with Gasteiger partial charge in [-0.15, -0.1) is 5.10 Å². The fraction of sp³-hybridized carbons (Fsp3) is 0.200. The maximum atomic E-state index is 13.5. The number of anilines is 1. The van der Waals surface area contributed by atoms with Crippen LogP contribution >= 0.6 is 0 Å². The summed E-state index contributed by atoms with van der Waals surface area (Å²) in [5, 5.41) is 23.6. The lowest BCUT2D eigenvalue weighted by atomic mass is 10.1. The van der Waals surface area contributed by atoms with Gasteiger partial charge in [-0.05, 0) is 18.2 Å². The quantitative estimate of drug-likeness (QED) is 0.666. The van der Waals surface area contributed by atoms with Gasteiger partial charge in [-0.2, -0.15) is 0 Å². The molecule has 1 aromatic carbocycles. The number of aromatic carboxylic acids is 1. The van der Waals surface area contributed by atoms with Crippen molar-refractivity contribution in [2.24, 2.45) is 0 Å². The molecule has 9 nitrogen and oxygen atoms in total. The normalized spacial score (nSPS) is 10.6. The van der Waals surface area contributed by atoms with E-state index in [2.05, 4.69) is 20.8 Å². The van der Waals surface area contributed by atoms with Gasteiger partial charge < -0.3 is 19.7 Å². The Labute approximate surface area is 141 Å². The predicted molar refractivity (Wildman–Crippen MR) is 83.9 cm³/mol. The first-order chi connectivity index (χ1) is 12.1. The van der Waals surface area contributed by atoms with E-state index in [1.807, 2.05) is 0 Å². The molecule has 2 heterocycles. The molecule has 2 aromatic heterocycles. The maximum absolute atomic E-state index is 13.5. The number of ether oxygens (including phenoxy) is 1. The molecule has 0 atom stereocenters. The van der Waals surface area contributed by atoms with Crippen LogP contribution in [-0.2, 0) is 6.54 Å². The molecule has 130 valence electrons. The van der Waals surface area contributed by atoms with Crippen LogP contribution in [0.15, 0.2) is 35.1 Å². The van der Waals surface area contributed by atoms with Crippen molar-refractivity contribution in [3.05, 3.63) is 42.0 Å². The minimum atomic E-state index is -1.22. The van der Waals surface area contributed by atoms with Crippen molar-refractivity contribution in [1.82, 2.24) is 20.2 Å². The van der Waals surface area contributed by atoms with Gasteiger partial charge in [0, 0.05) is 18.3 Å². The summed E-state index contributed by atoms with van der Waals surface area (Å²) in [4.78, 5) is 11.6. The number of carboxylic acid groups (broad SMARTS) is 1. The summed E-state index contributed by atoms with van der Waals surface area (Å²) < 4.78 is 25.2. The van der Waals surface area contributed by atoms with E-state index in [0.717, 1.165) is 0 Å². The lowest BCUT2D eigenvalue weighted by Gasteiger charge is -2.05.